The first-order valence-electron chi connectivity index (χ1n) is 4.67. The monoisotopic (exact) mass is 257 g/mol. The molecule has 1 aliphatic heterocycles. The van der Waals surface area contributed by atoms with Crippen LogP contribution >= 0.6 is 15.9 Å². The lowest BCUT2D eigenvalue weighted by atomic mass is 10.0. The highest BCUT2D eigenvalue weighted by Gasteiger charge is 2.22. The van der Waals surface area contributed by atoms with E-state index in [2.05, 4.69) is 20.9 Å². The van der Waals surface area contributed by atoms with Crippen LogP contribution in [0, 0.1) is 0 Å². The standard InChI is InChI=1S/C10H12BrNO2/c11-7-1-2-9(12-6-7)10-5-8(13)3-4-14-10/h1-2,6,8,10,13H,3-5H2. The smallest absolute Gasteiger partial charge is 0.102 e. The molecule has 1 saturated heterocycles. The number of aliphatic hydroxyl groups is 1. The molecule has 0 aromatic carbocycles. The Kier molecular flexibility index (Phi) is 3.15. The second kappa shape index (κ2) is 4.38. The average Bonchev–Trinajstić information content (AvgIpc) is 2.19. The molecule has 1 fully saturated rings. The molecule has 2 rings (SSSR count). The fourth-order valence-electron chi connectivity index (χ4n) is 1.56. The number of aliphatic hydroxyl groups excluding tert-OH is 1. The summed E-state index contributed by atoms with van der Waals surface area (Å²) in [6, 6.07) is 3.86. The van der Waals surface area contributed by atoms with Gasteiger partial charge in [-0.05, 0) is 34.5 Å². The average molecular weight is 258 g/mol. The van der Waals surface area contributed by atoms with Gasteiger partial charge in [0.1, 0.15) is 6.10 Å². The maximum Gasteiger partial charge on any atom is 0.102 e. The molecule has 1 N–H and O–H groups in total. The lowest BCUT2D eigenvalue weighted by Crippen LogP contribution is -2.23. The summed E-state index contributed by atoms with van der Waals surface area (Å²) in [5.74, 6) is 0. The zero-order chi connectivity index (χ0) is 9.97. The van der Waals surface area contributed by atoms with Crippen molar-refractivity contribution in [3.05, 3.63) is 28.5 Å². The van der Waals surface area contributed by atoms with Crippen molar-refractivity contribution in [2.24, 2.45) is 0 Å². The molecule has 0 amide bonds. The van der Waals surface area contributed by atoms with Crippen LogP contribution in [0.5, 0.6) is 0 Å². The summed E-state index contributed by atoms with van der Waals surface area (Å²) in [7, 11) is 0. The molecule has 1 aromatic rings. The second-order valence-corrected chi connectivity index (χ2v) is 4.35. The van der Waals surface area contributed by atoms with Gasteiger partial charge in [0.2, 0.25) is 0 Å². The Hall–Kier alpha value is -0.450. The van der Waals surface area contributed by atoms with Gasteiger partial charge in [-0.1, -0.05) is 0 Å². The van der Waals surface area contributed by atoms with Crippen molar-refractivity contribution in [1.82, 2.24) is 4.98 Å². The third kappa shape index (κ3) is 2.32. The number of rotatable bonds is 1. The number of pyridine rings is 1. The molecular weight excluding hydrogens is 246 g/mol. The van der Waals surface area contributed by atoms with Crippen LogP contribution in [-0.4, -0.2) is 22.8 Å². The Labute approximate surface area is 91.2 Å². The molecule has 0 saturated carbocycles. The summed E-state index contributed by atoms with van der Waals surface area (Å²) in [6.07, 6.45) is 2.83. The van der Waals surface area contributed by atoms with E-state index >= 15 is 0 Å². The van der Waals surface area contributed by atoms with Gasteiger partial charge in [-0.15, -0.1) is 0 Å². The van der Waals surface area contributed by atoms with Crippen LogP contribution in [0.15, 0.2) is 22.8 Å². The highest BCUT2D eigenvalue weighted by molar-refractivity contribution is 9.10. The number of hydrogen-bond donors (Lipinski definition) is 1. The Balaban J connectivity index is 2.10. The minimum atomic E-state index is -0.251. The van der Waals surface area contributed by atoms with Crippen LogP contribution in [0.1, 0.15) is 24.6 Å². The van der Waals surface area contributed by atoms with Crippen molar-refractivity contribution in [3.63, 3.8) is 0 Å². The Bertz CT molecular complexity index is 301. The lowest BCUT2D eigenvalue weighted by Gasteiger charge is -2.25. The number of nitrogens with zero attached hydrogens (tertiary/aromatic N) is 1. The summed E-state index contributed by atoms with van der Waals surface area (Å²) in [4.78, 5) is 4.25. The predicted molar refractivity (Wildman–Crippen MR) is 55.9 cm³/mol. The summed E-state index contributed by atoms with van der Waals surface area (Å²) < 4.78 is 6.49. The Morgan fingerprint density at radius 3 is 3.00 bits per heavy atom. The quantitative estimate of drug-likeness (QED) is 0.838. The summed E-state index contributed by atoms with van der Waals surface area (Å²) >= 11 is 3.33. The van der Waals surface area contributed by atoms with Gasteiger partial charge in [0.15, 0.2) is 0 Å². The zero-order valence-electron chi connectivity index (χ0n) is 7.69. The fourth-order valence-corrected chi connectivity index (χ4v) is 1.80. The van der Waals surface area contributed by atoms with Crippen LogP contribution < -0.4 is 0 Å². The van der Waals surface area contributed by atoms with E-state index in [1.54, 1.807) is 6.20 Å². The summed E-state index contributed by atoms with van der Waals surface area (Å²) in [5.41, 5.74) is 0.895. The molecule has 2 atom stereocenters. The van der Waals surface area contributed by atoms with Gasteiger partial charge in [0.05, 0.1) is 11.8 Å². The van der Waals surface area contributed by atoms with Gasteiger partial charge < -0.3 is 9.84 Å². The van der Waals surface area contributed by atoms with Crippen LogP contribution in [0.2, 0.25) is 0 Å². The molecule has 1 aliphatic rings. The molecule has 0 aliphatic carbocycles. The molecule has 14 heavy (non-hydrogen) atoms. The third-order valence-corrected chi connectivity index (χ3v) is 2.81. The molecule has 76 valence electrons. The zero-order valence-corrected chi connectivity index (χ0v) is 9.27. The van der Waals surface area contributed by atoms with E-state index in [9.17, 15) is 5.11 Å². The van der Waals surface area contributed by atoms with Gasteiger partial charge in [-0.2, -0.15) is 0 Å². The van der Waals surface area contributed by atoms with E-state index in [0.29, 0.717) is 13.0 Å². The Morgan fingerprint density at radius 1 is 1.50 bits per heavy atom. The number of aromatic nitrogens is 1. The Morgan fingerprint density at radius 2 is 2.36 bits per heavy atom. The highest BCUT2D eigenvalue weighted by atomic mass is 79.9. The van der Waals surface area contributed by atoms with E-state index in [1.807, 2.05) is 12.1 Å². The minimum absolute atomic E-state index is 0.0492. The molecule has 0 spiro atoms. The normalized spacial score (nSPS) is 27.6. The first kappa shape index (κ1) is 10.1. The fraction of sp³-hybridized carbons (Fsp3) is 0.500. The van der Waals surface area contributed by atoms with Gasteiger partial charge in [-0.3, -0.25) is 4.98 Å². The number of hydrogen-bond acceptors (Lipinski definition) is 3. The molecule has 1 aromatic heterocycles. The van der Waals surface area contributed by atoms with Crippen molar-refractivity contribution in [1.29, 1.82) is 0 Å². The number of halogens is 1. The molecule has 0 radical (unpaired) electrons. The van der Waals surface area contributed by atoms with E-state index in [1.165, 1.54) is 0 Å². The molecule has 2 heterocycles. The van der Waals surface area contributed by atoms with Crippen LogP contribution in [0.3, 0.4) is 0 Å². The van der Waals surface area contributed by atoms with Crippen LogP contribution in [0.4, 0.5) is 0 Å². The molecule has 3 nitrogen and oxygen atoms in total. The third-order valence-electron chi connectivity index (χ3n) is 2.34. The van der Waals surface area contributed by atoms with Crippen molar-refractivity contribution in [2.75, 3.05) is 6.61 Å². The molecule has 4 heteroatoms. The van der Waals surface area contributed by atoms with Crippen molar-refractivity contribution in [2.45, 2.75) is 25.0 Å². The number of ether oxygens (including phenoxy) is 1. The molecule has 0 bridgehead atoms. The van der Waals surface area contributed by atoms with Crippen LogP contribution in [-0.2, 0) is 4.74 Å². The van der Waals surface area contributed by atoms with E-state index in [0.717, 1.165) is 16.6 Å². The maximum atomic E-state index is 9.48. The van der Waals surface area contributed by atoms with Gasteiger partial charge in [-0.25, -0.2) is 0 Å². The van der Waals surface area contributed by atoms with E-state index < -0.39 is 0 Å². The van der Waals surface area contributed by atoms with Gasteiger partial charge in [0, 0.05) is 23.7 Å². The van der Waals surface area contributed by atoms with Crippen molar-refractivity contribution in [3.8, 4) is 0 Å². The van der Waals surface area contributed by atoms with Crippen molar-refractivity contribution >= 4 is 15.9 Å². The van der Waals surface area contributed by atoms with E-state index in [4.69, 9.17) is 4.74 Å². The predicted octanol–water partition coefficient (Wildman–Crippen LogP) is 2.06. The molecule has 2 unspecified atom stereocenters. The van der Waals surface area contributed by atoms with E-state index in [-0.39, 0.29) is 12.2 Å². The van der Waals surface area contributed by atoms with Gasteiger partial charge in [0.25, 0.3) is 0 Å². The minimum Gasteiger partial charge on any atom is -0.393 e. The molecular formula is C10H12BrNO2. The SMILES string of the molecule is OC1CCOC(c2ccc(Br)cn2)C1. The van der Waals surface area contributed by atoms with Crippen molar-refractivity contribution < 1.29 is 9.84 Å². The summed E-state index contributed by atoms with van der Waals surface area (Å²) in [6.45, 7) is 0.615. The second-order valence-electron chi connectivity index (χ2n) is 3.44. The first-order valence-corrected chi connectivity index (χ1v) is 5.46. The van der Waals surface area contributed by atoms with Gasteiger partial charge >= 0.3 is 0 Å². The lowest BCUT2D eigenvalue weighted by molar-refractivity contribution is -0.0466. The van der Waals surface area contributed by atoms with Crippen LogP contribution in [0.25, 0.3) is 0 Å². The summed E-state index contributed by atoms with van der Waals surface area (Å²) in [5, 5.41) is 9.48. The highest BCUT2D eigenvalue weighted by Crippen LogP contribution is 2.27. The topological polar surface area (TPSA) is 42.4 Å². The first-order chi connectivity index (χ1) is 6.75. The maximum absolute atomic E-state index is 9.48. The largest absolute Gasteiger partial charge is 0.393 e.